The first-order chi connectivity index (χ1) is 10.0. The molecule has 0 bridgehead atoms. The second kappa shape index (κ2) is 7.68. The summed E-state index contributed by atoms with van der Waals surface area (Å²) in [6.07, 6.45) is 1.43. The van der Waals surface area contributed by atoms with E-state index in [2.05, 4.69) is 28.2 Å². The summed E-state index contributed by atoms with van der Waals surface area (Å²) in [5.41, 5.74) is 0.491. The van der Waals surface area contributed by atoms with Gasteiger partial charge in [-0.15, -0.1) is 11.3 Å². The van der Waals surface area contributed by atoms with E-state index in [0.717, 1.165) is 27.7 Å². The summed E-state index contributed by atoms with van der Waals surface area (Å²) < 4.78 is 27.7. The summed E-state index contributed by atoms with van der Waals surface area (Å²) in [6, 6.07) is 5.54. The van der Waals surface area contributed by atoms with Crippen molar-refractivity contribution in [1.29, 1.82) is 0 Å². The summed E-state index contributed by atoms with van der Waals surface area (Å²) in [6.45, 7) is 2.89. The van der Waals surface area contributed by atoms with Gasteiger partial charge in [0, 0.05) is 17.0 Å². The molecule has 0 fully saturated rings. The molecule has 1 N–H and O–H groups in total. The molecular weight excluding hydrogens is 380 g/mol. The Kier molecular flexibility index (Phi) is 6.17. The van der Waals surface area contributed by atoms with Crippen LogP contribution in [0.15, 0.2) is 28.1 Å². The molecule has 1 atom stereocenters. The summed E-state index contributed by atoms with van der Waals surface area (Å²) in [7, 11) is 0. The third-order valence-corrected chi connectivity index (χ3v) is 5.68. The van der Waals surface area contributed by atoms with E-state index in [1.807, 2.05) is 6.07 Å². The van der Waals surface area contributed by atoms with Crippen LogP contribution in [0.1, 0.15) is 29.8 Å². The van der Waals surface area contributed by atoms with Gasteiger partial charge in [-0.05, 0) is 53.0 Å². The van der Waals surface area contributed by atoms with Gasteiger partial charge in [-0.25, -0.2) is 8.78 Å². The maximum Gasteiger partial charge on any atom is 0.129 e. The van der Waals surface area contributed by atoms with Gasteiger partial charge < -0.3 is 5.32 Å². The van der Waals surface area contributed by atoms with E-state index in [-0.39, 0.29) is 6.04 Å². The van der Waals surface area contributed by atoms with Crippen LogP contribution < -0.4 is 5.32 Å². The van der Waals surface area contributed by atoms with Crippen molar-refractivity contribution in [3.8, 4) is 0 Å². The number of rotatable bonds is 6. The number of nitrogens with one attached hydrogen (secondary N) is 1. The molecule has 2 rings (SSSR count). The van der Waals surface area contributed by atoms with Gasteiger partial charge in [0.15, 0.2) is 0 Å². The smallest absolute Gasteiger partial charge is 0.129 e. The van der Waals surface area contributed by atoms with Crippen LogP contribution in [0.2, 0.25) is 5.02 Å². The average molecular weight is 395 g/mol. The van der Waals surface area contributed by atoms with Crippen LogP contribution in [0.5, 0.6) is 0 Å². The highest BCUT2D eigenvalue weighted by molar-refractivity contribution is 9.11. The number of benzene rings is 1. The van der Waals surface area contributed by atoms with Gasteiger partial charge in [0.05, 0.1) is 8.81 Å². The lowest BCUT2D eigenvalue weighted by atomic mass is 10.0. The lowest BCUT2D eigenvalue weighted by molar-refractivity contribution is 0.514. The van der Waals surface area contributed by atoms with Crippen LogP contribution in [0.25, 0.3) is 0 Å². The van der Waals surface area contributed by atoms with Crippen LogP contribution in [0.3, 0.4) is 0 Å². The molecule has 21 heavy (non-hydrogen) atoms. The fourth-order valence-electron chi connectivity index (χ4n) is 2.03. The highest BCUT2D eigenvalue weighted by Crippen LogP contribution is 2.36. The molecule has 2 aromatic rings. The highest BCUT2D eigenvalue weighted by atomic mass is 79.9. The third kappa shape index (κ3) is 4.49. The summed E-state index contributed by atoms with van der Waals surface area (Å²) >= 11 is 11.0. The second-order valence-electron chi connectivity index (χ2n) is 4.72. The van der Waals surface area contributed by atoms with Gasteiger partial charge in [0.25, 0.3) is 0 Å². The Labute approximate surface area is 140 Å². The number of hydrogen-bond donors (Lipinski definition) is 1. The van der Waals surface area contributed by atoms with Crippen molar-refractivity contribution in [3.63, 3.8) is 0 Å². The van der Waals surface area contributed by atoms with Crippen molar-refractivity contribution in [2.45, 2.75) is 25.8 Å². The molecule has 0 aliphatic rings. The molecule has 1 heterocycles. The molecule has 1 nitrogen and oxygen atoms in total. The zero-order valence-electron chi connectivity index (χ0n) is 11.4. The van der Waals surface area contributed by atoms with Crippen molar-refractivity contribution in [2.75, 3.05) is 6.54 Å². The van der Waals surface area contributed by atoms with E-state index < -0.39 is 11.6 Å². The molecule has 0 aliphatic carbocycles. The summed E-state index contributed by atoms with van der Waals surface area (Å²) in [5.74, 6) is -1.07. The monoisotopic (exact) mass is 393 g/mol. The predicted molar refractivity (Wildman–Crippen MR) is 88.1 cm³/mol. The highest BCUT2D eigenvalue weighted by Gasteiger charge is 2.18. The molecule has 6 heteroatoms. The predicted octanol–water partition coefficient (Wildman–Crippen LogP) is 5.73. The van der Waals surface area contributed by atoms with E-state index in [0.29, 0.717) is 17.0 Å². The number of halogens is 4. The van der Waals surface area contributed by atoms with E-state index in [1.54, 1.807) is 0 Å². The van der Waals surface area contributed by atoms with Crippen molar-refractivity contribution >= 4 is 38.9 Å². The average Bonchev–Trinajstić information content (AvgIpc) is 2.77. The minimum atomic E-state index is -0.559. The SMILES string of the molecule is CCCNC(Cc1ccc(F)cc1F)c1cc(Cl)c(Br)s1. The maximum absolute atomic E-state index is 13.8. The van der Waals surface area contributed by atoms with Crippen molar-refractivity contribution in [2.24, 2.45) is 0 Å². The zero-order valence-corrected chi connectivity index (χ0v) is 14.6. The molecule has 0 radical (unpaired) electrons. The molecule has 0 saturated heterocycles. The van der Waals surface area contributed by atoms with Crippen molar-refractivity contribution in [1.82, 2.24) is 5.32 Å². The zero-order chi connectivity index (χ0) is 15.4. The van der Waals surface area contributed by atoms with E-state index in [9.17, 15) is 8.78 Å². The molecule has 0 aliphatic heterocycles. The Morgan fingerprint density at radius 3 is 2.67 bits per heavy atom. The van der Waals surface area contributed by atoms with Gasteiger partial charge >= 0.3 is 0 Å². The fourth-order valence-corrected chi connectivity index (χ4v) is 3.86. The molecule has 114 valence electrons. The first kappa shape index (κ1) is 16.9. The van der Waals surface area contributed by atoms with Gasteiger partial charge in [0.2, 0.25) is 0 Å². The number of thiophene rings is 1. The molecule has 0 amide bonds. The molecular formula is C15H15BrClF2NS. The Morgan fingerprint density at radius 2 is 2.10 bits per heavy atom. The van der Waals surface area contributed by atoms with E-state index in [1.165, 1.54) is 23.5 Å². The first-order valence-electron chi connectivity index (χ1n) is 6.63. The Morgan fingerprint density at radius 1 is 1.33 bits per heavy atom. The minimum absolute atomic E-state index is 0.0429. The normalized spacial score (nSPS) is 12.6. The maximum atomic E-state index is 13.8. The van der Waals surface area contributed by atoms with Crippen LogP contribution in [-0.4, -0.2) is 6.54 Å². The quantitative estimate of drug-likeness (QED) is 0.660. The van der Waals surface area contributed by atoms with Crippen LogP contribution in [0, 0.1) is 11.6 Å². The van der Waals surface area contributed by atoms with Gasteiger partial charge in [-0.2, -0.15) is 0 Å². The van der Waals surface area contributed by atoms with Crippen molar-refractivity contribution in [3.05, 3.63) is 55.1 Å². The summed E-state index contributed by atoms with van der Waals surface area (Å²) in [5, 5.41) is 4.04. The Bertz CT molecular complexity index is 598. The lowest BCUT2D eigenvalue weighted by Crippen LogP contribution is -2.23. The standard InChI is InChI=1S/C15H15BrClF2NS/c1-2-5-20-13(14-8-11(17)15(16)21-14)6-9-3-4-10(18)7-12(9)19/h3-4,7-8,13,20H,2,5-6H2,1H3. The topological polar surface area (TPSA) is 12.0 Å². The lowest BCUT2D eigenvalue weighted by Gasteiger charge is -2.17. The first-order valence-corrected chi connectivity index (χ1v) is 8.62. The Hall–Kier alpha value is -0.490. The molecule has 1 unspecified atom stereocenters. The second-order valence-corrected chi connectivity index (χ2v) is 7.53. The van der Waals surface area contributed by atoms with E-state index >= 15 is 0 Å². The molecule has 0 spiro atoms. The molecule has 1 aromatic heterocycles. The van der Waals surface area contributed by atoms with Crippen LogP contribution in [0.4, 0.5) is 8.78 Å². The van der Waals surface area contributed by atoms with Gasteiger partial charge in [-0.3, -0.25) is 0 Å². The third-order valence-electron chi connectivity index (χ3n) is 3.09. The molecule has 1 aromatic carbocycles. The van der Waals surface area contributed by atoms with Crippen molar-refractivity contribution < 1.29 is 8.78 Å². The van der Waals surface area contributed by atoms with Crippen LogP contribution >= 0.6 is 38.9 Å². The van der Waals surface area contributed by atoms with Gasteiger partial charge in [0.1, 0.15) is 11.6 Å². The minimum Gasteiger partial charge on any atom is -0.309 e. The largest absolute Gasteiger partial charge is 0.309 e. The fraction of sp³-hybridized carbons (Fsp3) is 0.333. The number of hydrogen-bond acceptors (Lipinski definition) is 2. The van der Waals surface area contributed by atoms with E-state index in [4.69, 9.17) is 11.6 Å². The summed E-state index contributed by atoms with van der Waals surface area (Å²) in [4.78, 5) is 1.03. The Balaban J connectivity index is 2.23. The van der Waals surface area contributed by atoms with Crippen LogP contribution in [-0.2, 0) is 6.42 Å². The van der Waals surface area contributed by atoms with Gasteiger partial charge in [-0.1, -0.05) is 24.6 Å². The molecule has 0 saturated carbocycles.